The van der Waals surface area contributed by atoms with Gasteiger partial charge in [-0.15, -0.1) is 0 Å². The van der Waals surface area contributed by atoms with Crippen molar-refractivity contribution in [2.75, 3.05) is 19.8 Å². The van der Waals surface area contributed by atoms with Crippen molar-refractivity contribution >= 4 is 5.91 Å². The van der Waals surface area contributed by atoms with Gasteiger partial charge in [-0.25, -0.2) is 0 Å². The van der Waals surface area contributed by atoms with Crippen molar-refractivity contribution in [3.8, 4) is 11.3 Å². The van der Waals surface area contributed by atoms with Crippen molar-refractivity contribution < 1.29 is 9.53 Å². The third kappa shape index (κ3) is 3.67. The summed E-state index contributed by atoms with van der Waals surface area (Å²) in [5.74, 6) is 0.0559. The average molecular weight is 327 g/mol. The molecule has 1 aliphatic heterocycles. The van der Waals surface area contributed by atoms with E-state index in [2.05, 4.69) is 37.3 Å². The average Bonchev–Trinajstić information content (AvgIpc) is 2.91. The van der Waals surface area contributed by atoms with Crippen molar-refractivity contribution in [2.45, 2.75) is 39.8 Å². The summed E-state index contributed by atoms with van der Waals surface area (Å²) in [6, 6.07) is 10.7. The lowest BCUT2D eigenvalue weighted by Crippen LogP contribution is -2.33. The van der Waals surface area contributed by atoms with E-state index in [1.807, 2.05) is 16.5 Å². The Balaban J connectivity index is 1.77. The van der Waals surface area contributed by atoms with Gasteiger partial charge >= 0.3 is 0 Å². The fourth-order valence-corrected chi connectivity index (χ4v) is 3.01. The molecule has 5 nitrogen and oxygen atoms in total. The second-order valence-electron chi connectivity index (χ2n) is 6.10. The first-order valence-electron chi connectivity index (χ1n) is 8.72. The molecule has 3 rings (SSSR count). The molecule has 2 aromatic rings. The van der Waals surface area contributed by atoms with Crippen LogP contribution in [0.1, 0.15) is 31.5 Å². The number of aryl methyl sites for hydroxylation is 2. The SMILES string of the molecule is CCOCC(=O)N1CCCn2nc(-c3ccc(CC)cc3)cc2C1. The van der Waals surface area contributed by atoms with Gasteiger partial charge in [-0.05, 0) is 31.4 Å². The predicted molar refractivity (Wildman–Crippen MR) is 93.6 cm³/mol. The molecular formula is C19H25N3O2. The van der Waals surface area contributed by atoms with E-state index < -0.39 is 0 Å². The van der Waals surface area contributed by atoms with Crippen LogP contribution >= 0.6 is 0 Å². The van der Waals surface area contributed by atoms with Gasteiger partial charge in [0.1, 0.15) is 6.61 Å². The lowest BCUT2D eigenvalue weighted by Gasteiger charge is -2.19. The molecule has 1 amide bonds. The highest BCUT2D eigenvalue weighted by molar-refractivity contribution is 5.77. The smallest absolute Gasteiger partial charge is 0.248 e. The standard InChI is InChI=1S/C19H25N3O2/c1-3-15-6-8-16(9-7-15)18-12-17-13-21(19(23)14-24-4-2)10-5-11-22(17)20-18/h6-9,12H,3-5,10-11,13-14H2,1-2H3. The Morgan fingerprint density at radius 2 is 2.00 bits per heavy atom. The van der Waals surface area contributed by atoms with Crippen LogP contribution in [0, 0.1) is 0 Å². The largest absolute Gasteiger partial charge is 0.372 e. The van der Waals surface area contributed by atoms with Gasteiger partial charge in [-0.1, -0.05) is 31.2 Å². The zero-order chi connectivity index (χ0) is 16.9. The van der Waals surface area contributed by atoms with Gasteiger partial charge in [0.2, 0.25) is 5.91 Å². The quantitative estimate of drug-likeness (QED) is 0.848. The number of hydrogen-bond donors (Lipinski definition) is 0. The van der Waals surface area contributed by atoms with Gasteiger partial charge in [-0.2, -0.15) is 5.10 Å². The van der Waals surface area contributed by atoms with Gasteiger partial charge in [0, 0.05) is 25.3 Å². The summed E-state index contributed by atoms with van der Waals surface area (Å²) in [6.45, 7) is 7.00. The molecule has 0 aliphatic carbocycles. The van der Waals surface area contributed by atoms with Gasteiger partial charge < -0.3 is 9.64 Å². The van der Waals surface area contributed by atoms with E-state index in [4.69, 9.17) is 9.84 Å². The Morgan fingerprint density at radius 1 is 1.21 bits per heavy atom. The normalized spacial score (nSPS) is 14.3. The molecule has 1 aromatic heterocycles. The lowest BCUT2D eigenvalue weighted by molar-refractivity contribution is -0.136. The summed E-state index contributed by atoms with van der Waals surface area (Å²) in [4.78, 5) is 14.1. The number of hydrogen-bond acceptors (Lipinski definition) is 3. The lowest BCUT2D eigenvalue weighted by atomic mass is 10.1. The third-order valence-electron chi connectivity index (χ3n) is 4.45. The van der Waals surface area contributed by atoms with Crippen LogP contribution < -0.4 is 0 Å². The third-order valence-corrected chi connectivity index (χ3v) is 4.45. The minimum absolute atomic E-state index is 0.0559. The van der Waals surface area contributed by atoms with Crippen molar-refractivity contribution in [1.82, 2.24) is 14.7 Å². The molecule has 0 bridgehead atoms. The molecule has 1 aliphatic rings. The molecule has 0 saturated carbocycles. The minimum Gasteiger partial charge on any atom is -0.372 e. The molecule has 0 atom stereocenters. The number of fused-ring (bicyclic) bond motifs is 1. The fraction of sp³-hybridized carbons (Fsp3) is 0.474. The Morgan fingerprint density at radius 3 is 2.71 bits per heavy atom. The Bertz CT molecular complexity index is 691. The molecule has 0 unspecified atom stereocenters. The van der Waals surface area contributed by atoms with E-state index in [1.54, 1.807) is 0 Å². The molecule has 2 heterocycles. The monoisotopic (exact) mass is 327 g/mol. The summed E-state index contributed by atoms with van der Waals surface area (Å²) < 4.78 is 7.30. The molecule has 1 aromatic carbocycles. The number of rotatable bonds is 5. The minimum atomic E-state index is 0.0559. The number of aromatic nitrogens is 2. The summed E-state index contributed by atoms with van der Waals surface area (Å²) in [6.07, 6.45) is 1.96. The molecular weight excluding hydrogens is 302 g/mol. The highest BCUT2D eigenvalue weighted by Crippen LogP contribution is 2.22. The maximum absolute atomic E-state index is 12.2. The summed E-state index contributed by atoms with van der Waals surface area (Å²) in [5, 5.41) is 4.74. The molecule has 128 valence electrons. The van der Waals surface area contributed by atoms with Crippen molar-refractivity contribution in [3.63, 3.8) is 0 Å². The van der Waals surface area contributed by atoms with Crippen molar-refractivity contribution in [1.29, 1.82) is 0 Å². The number of ether oxygens (including phenoxy) is 1. The number of carbonyl (C=O) groups is 1. The van der Waals surface area contributed by atoms with Crippen molar-refractivity contribution in [2.24, 2.45) is 0 Å². The van der Waals surface area contributed by atoms with Gasteiger partial charge in [0.25, 0.3) is 0 Å². The summed E-state index contributed by atoms with van der Waals surface area (Å²) in [5.41, 5.74) is 4.52. The molecule has 0 radical (unpaired) electrons. The van der Waals surface area contributed by atoms with Gasteiger partial charge in [0.05, 0.1) is 17.9 Å². The van der Waals surface area contributed by atoms with Crippen LogP contribution in [-0.4, -0.2) is 40.3 Å². The first kappa shape index (κ1) is 16.7. The molecule has 5 heteroatoms. The second kappa shape index (κ2) is 7.62. The second-order valence-corrected chi connectivity index (χ2v) is 6.10. The summed E-state index contributed by atoms with van der Waals surface area (Å²) >= 11 is 0. The maximum Gasteiger partial charge on any atom is 0.248 e. The molecule has 0 fully saturated rings. The highest BCUT2D eigenvalue weighted by atomic mass is 16.5. The number of benzene rings is 1. The van der Waals surface area contributed by atoms with Crippen LogP contribution in [0.2, 0.25) is 0 Å². The van der Waals surface area contributed by atoms with Gasteiger partial charge in [-0.3, -0.25) is 9.48 Å². The van der Waals surface area contributed by atoms with Gasteiger partial charge in [0.15, 0.2) is 0 Å². The van der Waals surface area contributed by atoms with E-state index in [-0.39, 0.29) is 12.5 Å². The van der Waals surface area contributed by atoms with Crippen molar-refractivity contribution in [3.05, 3.63) is 41.6 Å². The number of carbonyl (C=O) groups excluding carboxylic acids is 1. The first-order chi connectivity index (χ1) is 11.7. The molecule has 0 saturated heterocycles. The number of nitrogens with zero attached hydrogens (tertiary/aromatic N) is 3. The van der Waals surface area contributed by atoms with E-state index in [0.717, 1.165) is 42.9 Å². The van der Waals surface area contributed by atoms with Crippen LogP contribution in [0.5, 0.6) is 0 Å². The molecule has 0 N–H and O–H groups in total. The van der Waals surface area contributed by atoms with Crippen LogP contribution in [0.15, 0.2) is 30.3 Å². The molecule has 24 heavy (non-hydrogen) atoms. The zero-order valence-corrected chi connectivity index (χ0v) is 14.5. The zero-order valence-electron chi connectivity index (χ0n) is 14.5. The predicted octanol–water partition coefficient (Wildman–Crippen LogP) is 2.88. The first-order valence-corrected chi connectivity index (χ1v) is 8.72. The van der Waals surface area contributed by atoms with E-state index in [9.17, 15) is 4.79 Å². The van der Waals surface area contributed by atoms with Crippen LogP contribution in [0.3, 0.4) is 0 Å². The number of amides is 1. The Labute approximate surface area is 143 Å². The topological polar surface area (TPSA) is 47.4 Å². The van der Waals surface area contributed by atoms with E-state index in [1.165, 1.54) is 5.56 Å². The van der Waals surface area contributed by atoms with E-state index >= 15 is 0 Å². The summed E-state index contributed by atoms with van der Waals surface area (Å²) in [7, 11) is 0. The van der Waals surface area contributed by atoms with Crippen LogP contribution in [0.4, 0.5) is 0 Å². The van der Waals surface area contributed by atoms with Crippen LogP contribution in [0.25, 0.3) is 11.3 Å². The maximum atomic E-state index is 12.2. The Hall–Kier alpha value is -2.14. The fourth-order valence-electron chi connectivity index (χ4n) is 3.01. The molecule has 0 spiro atoms. The Kier molecular flexibility index (Phi) is 5.30. The van der Waals surface area contributed by atoms with E-state index in [0.29, 0.717) is 13.2 Å². The van der Waals surface area contributed by atoms with Crippen LogP contribution in [-0.2, 0) is 29.0 Å². The highest BCUT2D eigenvalue weighted by Gasteiger charge is 2.20.